The van der Waals surface area contributed by atoms with Crippen LogP contribution in [0, 0.1) is 5.92 Å². The highest BCUT2D eigenvalue weighted by atomic mass is 15.1. The zero-order valence-corrected chi connectivity index (χ0v) is 11.9. The van der Waals surface area contributed by atoms with Crippen LogP contribution in [0.4, 0.5) is 0 Å². The van der Waals surface area contributed by atoms with Gasteiger partial charge in [-0.05, 0) is 50.3 Å². The van der Waals surface area contributed by atoms with Crippen LogP contribution in [-0.2, 0) is 0 Å². The third-order valence-electron chi connectivity index (χ3n) is 4.15. The van der Waals surface area contributed by atoms with E-state index in [9.17, 15) is 0 Å². The number of likely N-dealkylation sites (N-methyl/N-ethyl adjacent to an activating group) is 1. The maximum absolute atomic E-state index is 2.59. The van der Waals surface area contributed by atoms with Gasteiger partial charge in [0.15, 0.2) is 0 Å². The molecule has 98 valence electrons. The van der Waals surface area contributed by atoms with Crippen LogP contribution < -0.4 is 0 Å². The van der Waals surface area contributed by atoms with E-state index in [0.29, 0.717) is 0 Å². The second-order valence-electron chi connectivity index (χ2n) is 5.42. The van der Waals surface area contributed by atoms with Crippen molar-refractivity contribution < 1.29 is 0 Å². The quantitative estimate of drug-likeness (QED) is 0.723. The summed E-state index contributed by atoms with van der Waals surface area (Å²) in [5.41, 5.74) is 2.73. The van der Waals surface area contributed by atoms with Gasteiger partial charge in [0.25, 0.3) is 0 Å². The van der Waals surface area contributed by atoms with Crippen LogP contribution in [0.15, 0.2) is 36.4 Å². The second-order valence-corrected chi connectivity index (χ2v) is 5.42. The van der Waals surface area contributed by atoms with Gasteiger partial charge in [-0.15, -0.1) is 0 Å². The molecule has 0 saturated heterocycles. The monoisotopic (exact) mass is 243 g/mol. The van der Waals surface area contributed by atoms with E-state index in [1.807, 2.05) is 0 Å². The maximum Gasteiger partial charge on any atom is 0.0171 e. The maximum atomic E-state index is 2.59. The van der Waals surface area contributed by atoms with Crippen LogP contribution in [0.25, 0.3) is 5.57 Å². The molecule has 0 aliphatic heterocycles. The number of rotatable bonds is 6. The van der Waals surface area contributed by atoms with Gasteiger partial charge in [-0.25, -0.2) is 0 Å². The fraction of sp³-hybridized carbons (Fsp3) is 0.529. The Morgan fingerprint density at radius 2 is 2.00 bits per heavy atom. The van der Waals surface area contributed by atoms with Gasteiger partial charge >= 0.3 is 0 Å². The molecule has 1 aromatic carbocycles. The summed E-state index contributed by atoms with van der Waals surface area (Å²) in [4.78, 5) is 2.59. The molecular formula is C17H25N. The van der Waals surface area contributed by atoms with Crippen molar-refractivity contribution in [2.45, 2.75) is 39.7 Å². The molecule has 0 spiro atoms. The van der Waals surface area contributed by atoms with E-state index in [-0.39, 0.29) is 0 Å². The first-order chi connectivity index (χ1) is 8.72. The van der Waals surface area contributed by atoms with Gasteiger partial charge in [-0.2, -0.15) is 0 Å². The zero-order valence-electron chi connectivity index (χ0n) is 11.9. The number of allylic oxidation sites excluding steroid dienone is 1. The minimum Gasteiger partial charge on any atom is -0.297 e. The molecule has 1 fully saturated rings. The molecule has 1 unspecified atom stereocenters. The Kier molecular flexibility index (Phi) is 4.60. The molecule has 2 rings (SSSR count). The van der Waals surface area contributed by atoms with E-state index < -0.39 is 0 Å². The van der Waals surface area contributed by atoms with Gasteiger partial charge in [-0.1, -0.05) is 43.3 Å². The van der Waals surface area contributed by atoms with E-state index in [1.165, 1.54) is 24.0 Å². The van der Waals surface area contributed by atoms with Crippen molar-refractivity contribution in [2.24, 2.45) is 5.92 Å². The summed E-state index contributed by atoms with van der Waals surface area (Å²) in [5, 5.41) is 0. The molecule has 0 N–H and O–H groups in total. The van der Waals surface area contributed by atoms with Crippen molar-refractivity contribution in [3.05, 3.63) is 42.0 Å². The van der Waals surface area contributed by atoms with Crippen molar-refractivity contribution in [3.63, 3.8) is 0 Å². The summed E-state index contributed by atoms with van der Waals surface area (Å²) in [5.74, 6) is 0.954. The molecule has 1 aliphatic rings. The lowest BCUT2D eigenvalue weighted by molar-refractivity contribution is 0.221. The standard InChI is InChI=1S/C17H25N/c1-4-18(15(3)17-10-11-17)13-12-14(2)16-8-6-5-7-9-16/h5-9,12,15,17H,4,10-11,13H2,1-3H3/b14-12+. The minimum absolute atomic E-state index is 0.745. The molecule has 18 heavy (non-hydrogen) atoms. The first-order valence-corrected chi connectivity index (χ1v) is 7.18. The molecular weight excluding hydrogens is 218 g/mol. The third-order valence-corrected chi connectivity index (χ3v) is 4.15. The normalized spacial score (nSPS) is 18.1. The number of benzene rings is 1. The second kappa shape index (κ2) is 6.19. The van der Waals surface area contributed by atoms with E-state index in [0.717, 1.165) is 25.0 Å². The lowest BCUT2D eigenvalue weighted by atomic mass is 10.1. The SMILES string of the molecule is CCN(C/C=C(\C)c1ccccc1)C(C)C1CC1. The summed E-state index contributed by atoms with van der Waals surface area (Å²) in [6.07, 6.45) is 5.23. The Bertz CT molecular complexity index is 389. The van der Waals surface area contributed by atoms with Crippen LogP contribution in [0.1, 0.15) is 39.2 Å². The van der Waals surface area contributed by atoms with Crippen LogP contribution in [0.5, 0.6) is 0 Å². The molecule has 1 nitrogen and oxygen atoms in total. The van der Waals surface area contributed by atoms with Crippen LogP contribution in [-0.4, -0.2) is 24.0 Å². The van der Waals surface area contributed by atoms with Crippen molar-refractivity contribution in [2.75, 3.05) is 13.1 Å². The Labute approximate surface area is 112 Å². The number of hydrogen-bond donors (Lipinski definition) is 0. The van der Waals surface area contributed by atoms with Crippen molar-refractivity contribution in [3.8, 4) is 0 Å². The topological polar surface area (TPSA) is 3.24 Å². The lowest BCUT2D eigenvalue weighted by Crippen LogP contribution is -2.34. The molecule has 0 aromatic heterocycles. The highest BCUT2D eigenvalue weighted by Gasteiger charge is 2.30. The van der Waals surface area contributed by atoms with E-state index >= 15 is 0 Å². The molecule has 0 heterocycles. The largest absolute Gasteiger partial charge is 0.297 e. The third kappa shape index (κ3) is 3.46. The smallest absolute Gasteiger partial charge is 0.0171 e. The van der Waals surface area contributed by atoms with Crippen LogP contribution in [0.3, 0.4) is 0 Å². The van der Waals surface area contributed by atoms with Crippen molar-refractivity contribution >= 4 is 5.57 Å². The predicted octanol–water partition coefficient (Wildman–Crippen LogP) is 4.21. The molecule has 1 saturated carbocycles. The molecule has 1 atom stereocenters. The van der Waals surface area contributed by atoms with Gasteiger partial charge in [-0.3, -0.25) is 4.90 Å². The fourth-order valence-corrected chi connectivity index (χ4v) is 2.53. The van der Waals surface area contributed by atoms with Gasteiger partial charge in [0.1, 0.15) is 0 Å². The fourth-order valence-electron chi connectivity index (χ4n) is 2.53. The van der Waals surface area contributed by atoms with E-state index in [2.05, 4.69) is 62.1 Å². The zero-order chi connectivity index (χ0) is 13.0. The first kappa shape index (κ1) is 13.4. The highest BCUT2D eigenvalue weighted by Crippen LogP contribution is 2.35. The van der Waals surface area contributed by atoms with Gasteiger partial charge in [0.2, 0.25) is 0 Å². The number of nitrogens with zero attached hydrogens (tertiary/aromatic N) is 1. The van der Waals surface area contributed by atoms with Gasteiger partial charge < -0.3 is 0 Å². The average molecular weight is 243 g/mol. The molecule has 0 amide bonds. The van der Waals surface area contributed by atoms with Gasteiger partial charge in [0.05, 0.1) is 0 Å². The molecule has 1 heteroatoms. The Hall–Kier alpha value is -1.08. The summed E-state index contributed by atoms with van der Waals surface area (Å²) in [6, 6.07) is 11.4. The molecule has 0 radical (unpaired) electrons. The van der Waals surface area contributed by atoms with E-state index in [4.69, 9.17) is 0 Å². The van der Waals surface area contributed by atoms with Crippen molar-refractivity contribution in [1.82, 2.24) is 4.90 Å². The average Bonchev–Trinajstić information content (AvgIpc) is 3.24. The first-order valence-electron chi connectivity index (χ1n) is 7.18. The van der Waals surface area contributed by atoms with Gasteiger partial charge in [0, 0.05) is 12.6 Å². The van der Waals surface area contributed by atoms with Crippen LogP contribution >= 0.6 is 0 Å². The molecule has 1 aliphatic carbocycles. The summed E-state index contributed by atoms with van der Waals surface area (Å²) < 4.78 is 0. The van der Waals surface area contributed by atoms with Crippen LogP contribution in [0.2, 0.25) is 0 Å². The molecule has 0 bridgehead atoms. The summed E-state index contributed by atoms with van der Waals surface area (Å²) >= 11 is 0. The lowest BCUT2D eigenvalue weighted by Gasteiger charge is -2.26. The minimum atomic E-state index is 0.745. The van der Waals surface area contributed by atoms with E-state index in [1.54, 1.807) is 0 Å². The Morgan fingerprint density at radius 1 is 1.33 bits per heavy atom. The Balaban J connectivity index is 1.95. The summed E-state index contributed by atoms with van der Waals surface area (Å²) in [6.45, 7) is 9.09. The summed E-state index contributed by atoms with van der Waals surface area (Å²) in [7, 11) is 0. The molecule has 1 aromatic rings. The highest BCUT2D eigenvalue weighted by molar-refractivity contribution is 5.63. The number of hydrogen-bond acceptors (Lipinski definition) is 1. The van der Waals surface area contributed by atoms with Crippen molar-refractivity contribution in [1.29, 1.82) is 0 Å². The Morgan fingerprint density at radius 3 is 2.56 bits per heavy atom. The predicted molar refractivity (Wildman–Crippen MR) is 79.5 cm³/mol.